The van der Waals surface area contributed by atoms with Crippen molar-refractivity contribution in [2.24, 2.45) is 5.92 Å². The lowest BCUT2D eigenvalue weighted by molar-refractivity contribution is -0.116. The molecule has 0 N–H and O–H groups in total. The molecule has 2 nitrogen and oxygen atoms in total. The Bertz CT molecular complexity index is 406. The highest BCUT2D eigenvalue weighted by Gasteiger charge is 2.21. The number of Topliss-reactive ketones (excluding diaryl/α,β-unsaturated/α-hetero) is 1. The van der Waals surface area contributed by atoms with Crippen molar-refractivity contribution in [2.75, 3.05) is 19.6 Å². The van der Waals surface area contributed by atoms with E-state index in [0.29, 0.717) is 22.9 Å². The van der Waals surface area contributed by atoms with Crippen molar-refractivity contribution in [3.8, 4) is 0 Å². The Balaban J connectivity index is 1.72. The van der Waals surface area contributed by atoms with Crippen LogP contribution in [-0.2, 0) is 4.79 Å². The van der Waals surface area contributed by atoms with E-state index < -0.39 is 0 Å². The van der Waals surface area contributed by atoms with Crippen LogP contribution in [0.25, 0.3) is 0 Å². The van der Waals surface area contributed by atoms with Crippen molar-refractivity contribution in [3.63, 3.8) is 0 Å². The van der Waals surface area contributed by atoms with Crippen LogP contribution < -0.4 is 0 Å². The molecule has 0 bridgehead atoms. The molecule has 106 valence electrons. The monoisotopic (exact) mass is 301 g/mol. The summed E-state index contributed by atoms with van der Waals surface area (Å²) < 4.78 is 0. The van der Waals surface area contributed by atoms with Crippen molar-refractivity contribution in [1.82, 2.24) is 4.90 Å². The Morgan fingerprint density at radius 3 is 2.58 bits per heavy atom. The number of likely N-dealkylation sites (tertiary alicyclic amines) is 1. The summed E-state index contributed by atoms with van der Waals surface area (Å²) in [5, 5.41) is 1.11. The molecule has 19 heavy (non-hydrogen) atoms. The number of ketones is 1. The maximum absolute atomic E-state index is 12.1. The van der Waals surface area contributed by atoms with E-state index in [4.69, 9.17) is 23.2 Å². The molecule has 1 aliphatic carbocycles. The zero-order valence-corrected chi connectivity index (χ0v) is 12.9. The third kappa shape index (κ3) is 4.08. The van der Waals surface area contributed by atoms with Crippen molar-refractivity contribution < 1.29 is 4.79 Å². The molecule has 0 spiro atoms. The van der Waals surface area contributed by atoms with Crippen LogP contribution in [0.2, 0.25) is 0 Å². The molecule has 0 amide bonds. The number of carbonyl (C=O) groups is 1. The first-order valence-corrected chi connectivity index (χ1v) is 7.86. The van der Waals surface area contributed by atoms with Gasteiger partial charge in [0.1, 0.15) is 0 Å². The minimum atomic E-state index is 0.186. The molecule has 1 heterocycles. The van der Waals surface area contributed by atoms with Crippen molar-refractivity contribution in [2.45, 2.75) is 39.0 Å². The van der Waals surface area contributed by atoms with Gasteiger partial charge in [0.05, 0.1) is 5.03 Å². The molecule has 4 heteroatoms. The number of hydrogen-bond acceptors (Lipinski definition) is 2. The van der Waals surface area contributed by atoms with Gasteiger partial charge in [-0.2, -0.15) is 0 Å². The fraction of sp³-hybridized carbons (Fsp3) is 0.667. The Kier molecular flexibility index (Phi) is 5.49. The van der Waals surface area contributed by atoms with Gasteiger partial charge in [0.15, 0.2) is 5.78 Å². The molecule has 0 radical (unpaired) electrons. The lowest BCUT2D eigenvalue weighted by Gasteiger charge is -2.31. The lowest BCUT2D eigenvalue weighted by atomic mass is 9.94. The SMILES string of the molecule is CCC1CCN(CCC(=O)C2=CC(Cl)=C(Cl)C2)CC1. The van der Waals surface area contributed by atoms with E-state index in [0.717, 1.165) is 31.1 Å². The van der Waals surface area contributed by atoms with E-state index in [1.54, 1.807) is 6.08 Å². The maximum atomic E-state index is 12.1. The maximum Gasteiger partial charge on any atom is 0.160 e. The number of piperidine rings is 1. The normalized spacial score (nSPS) is 21.9. The molecule has 0 unspecified atom stereocenters. The molecule has 0 saturated carbocycles. The Morgan fingerprint density at radius 1 is 1.37 bits per heavy atom. The molecule has 1 aliphatic heterocycles. The molecular weight excluding hydrogens is 281 g/mol. The first-order chi connectivity index (χ1) is 9.10. The second-order valence-electron chi connectivity index (χ2n) is 5.47. The van der Waals surface area contributed by atoms with Gasteiger partial charge in [0.25, 0.3) is 0 Å². The minimum absolute atomic E-state index is 0.186. The van der Waals surface area contributed by atoms with E-state index in [-0.39, 0.29) is 5.78 Å². The fourth-order valence-electron chi connectivity index (χ4n) is 2.75. The van der Waals surface area contributed by atoms with E-state index in [1.165, 1.54) is 19.3 Å². The summed E-state index contributed by atoms with van der Waals surface area (Å²) >= 11 is 11.8. The molecule has 2 rings (SSSR count). The van der Waals surface area contributed by atoms with Crippen LogP contribution in [0.1, 0.15) is 39.0 Å². The molecular formula is C15H21Cl2NO. The summed E-state index contributed by atoms with van der Waals surface area (Å²) in [6, 6.07) is 0. The number of rotatable bonds is 5. The number of halogens is 2. The van der Waals surface area contributed by atoms with Gasteiger partial charge in [0.2, 0.25) is 0 Å². The molecule has 0 atom stereocenters. The first-order valence-electron chi connectivity index (χ1n) is 7.10. The molecule has 1 saturated heterocycles. The molecule has 0 aromatic rings. The van der Waals surface area contributed by atoms with Crippen LogP contribution in [0.15, 0.2) is 21.7 Å². The molecule has 2 aliphatic rings. The van der Waals surface area contributed by atoms with E-state index in [2.05, 4.69) is 11.8 Å². The quantitative estimate of drug-likeness (QED) is 0.762. The molecule has 0 aromatic carbocycles. The third-order valence-corrected chi connectivity index (χ3v) is 4.97. The highest BCUT2D eigenvalue weighted by atomic mass is 35.5. The summed E-state index contributed by atoms with van der Waals surface area (Å²) in [4.78, 5) is 14.5. The van der Waals surface area contributed by atoms with E-state index in [1.807, 2.05) is 0 Å². The van der Waals surface area contributed by atoms with Crippen LogP contribution in [0.3, 0.4) is 0 Å². The summed E-state index contributed by atoms with van der Waals surface area (Å²) in [7, 11) is 0. The number of nitrogens with zero attached hydrogens (tertiary/aromatic N) is 1. The topological polar surface area (TPSA) is 20.3 Å². The minimum Gasteiger partial charge on any atom is -0.303 e. The summed E-state index contributed by atoms with van der Waals surface area (Å²) in [5.41, 5.74) is 0.762. The van der Waals surface area contributed by atoms with Gasteiger partial charge in [0, 0.05) is 30.0 Å². The Hall–Kier alpha value is -0.310. The average molecular weight is 302 g/mol. The highest BCUT2D eigenvalue weighted by molar-refractivity contribution is 6.41. The smallest absolute Gasteiger partial charge is 0.160 e. The second-order valence-corrected chi connectivity index (χ2v) is 6.33. The Morgan fingerprint density at radius 2 is 2.05 bits per heavy atom. The molecule has 0 aromatic heterocycles. The summed E-state index contributed by atoms with van der Waals surface area (Å²) in [5.74, 6) is 1.07. The van der Waals surface area contributed by atoms with Crippen LogP contribution in [-0.4, -0.2) is 30.3 Å². The van der Waals surface area contributed by atoms with Gasteiger partial charge in [-0.05, 0) is 37.9 Å². The average Bonchev–Trinajstić information content (AvgIpc) is 2.77. The fourth-order valence-corrected chi connectivity index (χ4v) is 3.15. The van der Waals surface area contributed by atoms with E-state index >= 15 is 0 Å². The predicted molar refractivity (Wildman–Crippen MR) is 80.5 cm³/mol. The highest BCUT2D eigenvalue weighted by Crippen LogP contribution is 2.31. The van der Waals surface area contributed by atoms with E-state index in [9.17, 15) is 4.79 Å². The summed E-state index contributed by atoms with van der Waals surface area (Å²) in [6.07, 6.45) is 6.63. The van der Waals surface area contributed by atoms with Gasteiger partial charge in [-0.1, -0.05) is 36.5 Å². The standard InChI is InChI=1S/C15H21Cl2NO/c1-2-11-3-6-18(7-4-11)8-5-15(19)12-9-13(16)14(17)10-12/h9,11H,2-8,10H2,1H3. The zero-order valence-electron chi connectivity index (χ0n) is 11.4. The van der Waals surface area contributed by atoms with Crippen LogP contribution in [0, 0.1) is 5.92 Å². The van der Waals surface area contributed by atoms with Crippen molar-refractivity contribution in [3.05, 3.63) is 21.7 Å². The number of allylic oxidation sites excluding steroid dienone is 4. The zero-order chi connectivity index (χ0) is 13.8. The van der Waals surface area contributed by atoms with Crippen LogP contribution in [0.4, 0.5) is 0 Å². The van der Waals surface area contributed by atoms with Crippen LogP contribution in [0.5, 0.6) is 0 Å². The van der Waals surface area contributed by atoms with Gasteiger partial charge >= 0.3 is 0 Å². The van der Waals surface area contributed by atoms with Gasteiger partial charge in [-0.15, -0.1) is 0 Å². The number of hydrogen-bond donors (Lipinski definition) is 0. The first kappa shape index (κ1) is 15.1. The van der Waals surface area contributed by atoms with Crippen molar-refractivity contribution >= 4 is 29.0 Å². The lowest BCUT2D eigenvalue weighted by Crippen LogP contribution is -2.35. The predicted octanol–water partition coefficient (Wildman–Crippen LogP) is 4.09. The van der Waals surface area contributed by atoms with Crippen molar-refractivity contribution in [1.29, 1.82) is 0 Å². The van der Waals surface area contributed by atoms with Crippen LogP contribution >= 0.6 is 23.2 Å². The molecule has 1 fully saturated rings. The largest absolute Gasteiger partial charge is 0.303 e. The number of carbonyl (C=O) groups excluding carboxylic acids is 1. The van der Waals surface area contributed by atoms with Gasteiger partial charge < -0.3 is 4.90 Å². The summed E-state index contributed by atoms with van der Waals surface area (Å²) in [6.45, 7) is 5.38. The third-order valence-electron chi connectivity index (χ3n) is 4.20. The van der Waals surface area contributed by atoms with Gasteiger partial charge in [-0.25, -0.2) is 0 Å². The second kappa shape index (κ2) is 6.92. The van der Waals surface area contributed by atoms with Gasteiger partial charge in [-0.3, -0.25) is 4.79 Å². The Labute approximate surface area is 125 Å².